The van der Waals surface area contributed by atoms with Gasteiger partial charge in [-0.15, -0.1) is 0 Å². The van der Waals surface area contributed by atoms with E-state index in [1.807, 2.05) is 0 Å². The smallest absolute Gasteiger partial charge is 0.550 e. The number of fused-ring (bicyclic) bond motifs is 1. The Hall–Kier alpha value is -3.05. The average molecular weight is 589 g/mol. The molecule has 1 aliphatic heterocycles. The van der Waals surface area contributed by atoms with Gasteiger partial charge in [0.15, 0.2) is 0 Å². The van der Waals surface area contributed by atoms with Crippen LogP contribution in [0.25, 0.3) is 0 Å². The largest absolute Gasteiger partial charge is 1.00 e. The third-order valence-electron chi connectivity index (χ3n) is 6.85. The summed E-state index contributed by atoms with van der Waals surface area (Å²) in [5.41, 5.74) is -1.94. The van der Waals surface area contributed by atoms with Gasteiger partial charge in [0.25, 0.3) is 0 Å². The van der Waals surface area contributed by atoms with Gasteiger partial charge in [-0.1, -0.05) is 65.7 Å². The first-order chi connectivity index (χ1) is 18.6. The summed E-state index contributed by atoms with van der Waals surface area (Å²) in [5.74, 6) is -8.49. The molecule has 12 heteroatoms. The van der Waals surface area contributed by atoms with Crippen LogP contribution in [0.2, 0.25) is 10.0 Å². The van der Waals surface area contributed by atoms with Crippen molar-refractivity contribution < 1.29 is 63.4 Å². The summed E-state index contributed by atoms with van der Waals surface area (Å²) in [6, 6.07) is 16.4. The number of ether oxygens (including phenoxy) is 1. The zero-order valence-corrected chi connectivity index (χ0v) is 24.7. The molecule has 1 aliphatic carbocycles. The summed E-state index contributed by atoms with van der Waals surface area (Å²) in [6.07, 6.45) is -1.40. The SMILES string of the molecule is CC(=O)Nc1ccccc1NC(=O)[C@H]1[C@@H](C(=O)[O-])C2(O[C@H]1c1ccc(Cl)c(Cl)c1)C(=O)c1ccccc1C2=O.[Na+]. The fourth-order valence-electron chi connectivity index (χ4n) is 5.22. The van der Waals surface area contributed by atoms with E-state index in [2.05, 4.69) is 10.6 Å². The molecule has 3 aromatic carbocycles. The van der Waals surface area contributed by atoms with Gasteiger partial charge in [-0.05, 0) is 29.8 Å². The molecule has 9 nitrogen and oxygen atoms in total. The molecule has 0 saturated carbocycles. The Balaban J connectivity index is 0.00000370. The summed E-state index contributed by atoms with van der Waals surface area (Å²) >= 11 is 12.3. The standard InChI is InChI=1S/C28H20Cl2N2O7.Na/c1-13(33)31-19-8-4-5-9-20(19)32-26(36)21-22(27(37)38)28(24(34)15-6-2-3-7-16(15)25(28)35)39-23(21)14-10-11-17(29)18(30)12-14;/h2-12,21-23H,1H3,(H,31,33)(H,32,36)(H,37,38);/q;+1/p-1/t21-,22-,23-;/m0./s1. The number of hydrogen-bond donors (Lipinski definition) is 2. The van der Waals surface area contributed by atoms with Gasteiger partial charge in [0.1, 0.15) is 0 Å². The maximum absolute atomic E-state index is 13.9. The second-order valence-electron chi connectivity index (χ2n) is 9.19. The van der Waals surface area contributed by atoms with E-state index < -0.39 is 52.9 Å². The zero-order valence-electron chi connectivity index (χ0n) is 21.2. The molecular weight excluding hydrogens is 570 g/mol. The number of halogens is 2. The first kappa shape index (κ1) is 29.9. The maximum atomic E-state index is 13.9. The number of carboxylic acids is 1. The Morgan fingerprint density at radius 3 is 1.93 bits per heavy atom. The Labute approximate surface area is 260 Å². The fourth-order valence-corrected chi connectivity index (χ4v) is 5.53. The van der Waals surface area contributed by atoms with E-state index in [-0.39, 0.29) is 67.7 Å². The van der Waals surface area contributed by atoms with E-state index in [1.54, 1.807) is 12.1 Å². The van der Waals surface area contributed by atoms with Crippen molar-refractivity contribution in [1.82, 2.24) is 0 Å². The van der Waals surface area contributed by atoms with Crippen LogP contribution in [-0.2, 0) is 19.1 Å². The molecule has 1 spiro atoms. The van der Waals surface area contributed by atoms with Crippen LogP contribution >= 0.6 is 23.2 Å². The van der Waals surface area contributed by atoms with Crippen LogP contribution in [0.15, 0.2) is 66.7 Å². The summed E-state index contributed by atoms with van der Waals surface area (Å²) in [5, 5.41) is 18.2. The van der Waals surface area contributed by atoms with Crippen molar-refractivity contribution in [3.05, 3.63) is 93.5 Å². The van der Waals surface area contributed by atoms with Gasteiger partial charge in [-0.25, -0.2) is 0 Å². The number of rotatable bonds is 5. The Morgan fingerprint density at radius 1 is 0.850 bits per heavy atom. The molecule has 2 amide bonds. The molecule has 5 rings (SSSR count). The van der Waals surface area contributed by atoms with Gasteiger partial charge in [0.05, 0.1) is 39.4 Å². The van der Waals surface area contributed by atoms with Gasteiger partial charge >= 0.3 is 29.6 Å². The van der Waals surface area contributed by atoms with E-state index in [0.717, 1.165) is 0 Å². The minimum absolute atomic E-state index is 0. The van der Waals surface area contributed by atoms with Gasteiger partial charge in [-0.2, -0.15) is 0 Å². The quantitative estimate of drug-likeness (QED) is 0.326. The normalized spacial score (nSPS) is 20.5. The van der Waals surface area contributed by atoms with Gasteiger partial charge < -0.3 is 25.3 Å². The van der Waals surface area contributed by atoms with Crippen molar-refractivity contribution in [2.24, 2.45) is 11.8 Å². The van der Waals surface area contributed by atoms with Crippen LogP contribution < -0.4 is 45.3 Å². The van der Waals surface area contributed by atoms with Crippen molar-refractivity contribution in [3.8, 4) is 0 Å². The first-order valence-corrected chi connectivity index (χ1v) is 12.5. The third-order valence-corrected chi connectivity index (χ3v) is 7.59. The maximum Gasteiger partial charge on any atom is 1.00 e. The topological polar surface area (TPSA) is 142 Å². The third kappa shape index (κ3) is 4.87. The van der Waals surface area contributed by atoms with Gasteiger partial charge in [-0.3, -0.25) is 19.2 Å². The molecule has 2 aliphatic rings. The Bertz CT molecular complexity index is 1540. The number of ketones is 2. The molecule has 1 heterocycles. The second kappa shape index (κ2) is 11.4. The van der Waals surface area contributed by atoms with Gasteiger partial charge in [0, 0.05) is 24.0 Å². The average Bonchev–Trinajstić information content (AvgIpc) is 3.37. The number of carboxylic acid groups (broad SMARTS) is 1. The molecule has 0 unspecified atom stereocenters. The summed E-state index contributed by atoms with van der Waals surface area (Å²) in [6.45, 7) is 1.29. The minimum Gasteiger partial charge on any atom is -0.550 e. The van der Waals surface area contributed by atoms with Crippen LogP contribution in [0.3, 0.4) is 0 Å². The predicted molar refractivity (Wildman–Crippen MR) is 139 cm³/mol. The van der Waals surface area contributed by atoms with E-state index in [0.29, 0.717) is 0 Å². The summed E-state index contributed by atoms with van der Waals surface area (Å²) in [4.78, 5) is 65.6. The summed E-state index contributed by atoms with van der Waals surface area (Å²) < 4.78 is 6.09. The molecule has 0 bridgehead atoms. The van der Waals surface area contributed by atoms with E-state index in [9.17, 15) is 29.1 Å². The number of anilines is 2. The van der Waals surface area contributed by atoms with Crippen LogP contribution in [0, 0.1) is 11.8 Å². The number of para-hydroxylation sites is 2. The second-order valence-corrected chi connectivity index (χ2v) is 10.0. The fraction of sp³-hybridized carbons (Fsp3) is 0.179. The predicted octanol–water partition coefficient (Wildman–Crippen LogP) is 0.466. The van der Waals surface area contributed by atoms with Crippen molar-refractivity contribution in [2.75, 3.05) is 10.6 Å². The van der Waals surface area contributed by atoms with Crippen LogP contribution in [0.1, 0.15) is 39.3 Å². The molecule has 1 saturated heterocycles. The number of carbonyl (C=O) groups excluding carboxylic acids is 5. The number of amides is 2. The first-order valence-electron chi connectivity index (χ1n) is 11.8. The molecule has 3 atom stereocenters. The molecule has 2 N–H and O–H groups in total. The van der Waals surface area contributed by atoms with Gasteiger partial charge in [0.2, 0.25) is 29.0 Å². The monoisotopic (exact) mass is 588 g/mol. The van der Waals surface area contributed by atoms with E-state index >= 15 is 0 Å². The van der Waals surface area contributed by atoms with Crippen molar-refractivity contribution >= 4 is 63.9 Å². The van der Waals surface area contributed by atoms with Crippen molar-refractivity contribution in [2.45, 2.75) is 18.6 Å². The molecule has 198 valence electrons. The summed E-state index contributed by atoms with van der Waals surface area (Å²) in [7, 11) is 0. The minimum atomic E-state index is -2.54. The van der Waals surface area contributed by atoms with Crippen molar-refractivity contribution in [1.29, 1.82) is 0 Å². The molecule has 0 aromatic heterocycles. The van der Waals surface area contributed by atoms with Crippen LogP contribution in [0.5, 0.6) is 0 Å². The Kier molecular flexibility index (Phi) is 8.56. The number of hydrogen-bond acceptors (Lipinski definition) is 7. The number of carbonyl (C=O) groups is 5. The van der Waals surface area contributed by atoms with Crippen molar-refractivity contribution in [3.63, 3.8) is 0 Å². The molecule has 1 fully saturated rings. The van der Waals surface area contributed by atoms with E-state index in [1.165, 1.54) is 61.5 Å². The van der Waals surface area contributed by atoms with Crippen LogP contribution in [-0.4, -0.2) is 35.0 Å². The molecule has 40 heavy (non-hydrogen) atoms. The molecule has 0 radical (unpaired) electrons. The molecule has 3 aromatic rings. The number of benzene rings is 3. The van der Waals surface area contributed by atoms with E-state index in [4.69, 9.17) is 27.9 Å². The zero-order chi connectivity index (χ0) is 28.1. The Morgan fingerprint density at radius 2 is 1.40 bits per heavy atom. The number of nitrogens with one attached hydrogen (secondary N) is 2. The number of aliphatic carboxylic acids is 1. The number of Topliss-reactive ketones (excluding diaryl/α,β-unsaturated/α-hetero) is 2. The molecular formula is C28H19Cl2N2NaO7. The van der Waals surface area contributed by atoms with Crippen LogP contribution in [0.4, 0.5) is 11.4 Å².